The number of benzene rings is 1. The van der Waals surface area contributed by atoms with Gasteiger partial charge >= 0.3 is 0 Å². The number of rotatable bonds is 7. The molecule has 32 heavy (non-hydrogen) atoms. The monoisotopic (exact) mass is 461 g/mol. The zero-order chi connectivity index (χ0) is 22.7. The summed E-state index contributed by atoms with van der Waals surface area (Å²) in [6, 6.07) is 3.95. The SMILES string of the molecule is Cc1sc(-c2cncn2C)nc1CC(=O)NC[C@H]1CN(Cc2ccc(F)c(F)c2)CCO1. The van der Waals surface area contributed by atoms with Crippen LogP contribution >= 0.6 is 11.3 Å². The van der Waals surface area contributed by atoms with E-state index in [4.69, 9.17) is 4.74 Å². The van der Waals surface area contributed by atoms with Gasteiger partial charge in [0, 0.05) is 38.1 Å². The maximum Gasteiger partial charge on any atom is 0.226 e. The summed E-state index contributed by atoms with van der Waals surface area (Å²) in [6.07, 6.45) is 3.51. The second-order valence-corrected chi connectivity index (χ2v) is 9.07. The first kappa shape index (κ1) is 22.5. The molecule has 0 bridgehead atoms. The highest BCUT2D eigenvalue weighted by molar-refractivity contribution is 7.15. The lowest BCUT2D eigenvalue weighted by molar-refractivity contribution is -0.121. The van der Waals surface area contributed by atoms with Crippen molar-refractivity contribution in [3.05, 3.63) is 58.5 Å². The van der Waals surface area contributed by atoms with E-state index < -0.39 is 11.6 Å². The predicted molar refractivity (Wildman–Crippen MR) is 117 cm³/mol. The van der Waals surface area contributed by atoms with Crippen LogP contribution in [0.3, 0.4) is 0 Å². The van der Waals surface area contributed by atoms with Gasteiger partial charge in [-0.05, 0) is 24.6 Å². The van der Waals surface area contributed by atoms with Crippen molar-refractivity contribution < 1.29 is 18.3 Å². The van der Waals surface area contributed by atoms with E-state index in [0.29, 0.717) is 38.3 Å². The van der Waals surface area contributed by atoms with Crippen molar-refractivity contribution in [1.82, 2.24) is 24.8 Å². The first-order valence-electron chi connectivity index (χ1n) is 10.4. The zero-order valence-corrected chi connectivity index (χ0v) is 18.8. The van der Waals surface area contributed by atoms with E-state index >= 15 is 0 Å². The number of ether oxygens (including phenoxy) is 1. The van der Waals surface area contributed by atoms with Crippen LogP contribution in [0, 0.1) is 18.6 Å². The molecule has 3 aromatic rings. The molecule has 1 atom stereocenters. The number of hydrogen-bond acceptors (Lipinski definition) is 6. The summed E-state index contributed by atoms with van der Waals surface area (Å²) in [6.45, 7) is 4.65. The molecule has 170 valence electrons. The molecular weight excluding hydrogens is 436 g/mol. The van der Waals surface area contributed by atoms with Gasteiger partial charge in [-0.25, -0.2) is 18.7 Å². The van der Waals surface area contributed by atoms with Crippen LogP contribution in [0.25, 0.3) is 10.7 Å². The van der Waals surface area contributed by atoms with Crippen LogP contribution in [0.1, 0.15) is 16.1 Å². The number of thiazole rings is 1. The fourth-order valence-corrected chi connectivity index (χ4v) is 4.63. The molecule has 0 radical (unpaired) electrons. The Bertz CT molecular complexity index is 1100. The zero-order valence-electron chi connectivity index (χ0n) is 18.0. The van der Waals surface area contributed by atoms with Crippen LogP contribution in [-0.2, 0) is 29.5 Å². The molecular formula is C22H25F2N5O2S. The van der Waals surface area contributed by atoms with Crippen molar-refractivity contribution in [3.63, 3.8) is 0 Å². The third kappa shape index (κ3) is 5.37. The van der Waals surface area contributed by atoms with Crippen LogP contribution in [0.4, 0.5) is 8.78 Å². The van der Waals surface area contributed by atoms with Gasteiger partial charge in [0.2, 0.25) is 5.91 Å². The van der Waals surface area contributed by atoms with Crippen molar-refractivity contribution in [2.75, 3.05) is 26.2 Å². The Morgan fingerprint density at radius 3 is 2.94 bits per heavy atom. The van der Waals surface area contributed by atoms with Crippen molar-refractivity contribution in [3.8, 4) is 10.7 Å². The fraction of sp³-hybridized carbons (Fsp3) is 0.409. The Balaban J connectivity index is 1.28. The number of halogens is 2. The first-order chi connectivity index (χ1) is 15.4. The second-order valence-electron chi connectivity index (χ2n) is 7.87. The van der Waals surface area contributed by atoms with Crippen LogP contribution in [0.15, 0.2) is 30.7 Å². The maximum absolute atomic E-state index is 13.5. The summed E-state index contributed by atoms with van der Waals surface area (Å²) in [5, 5.41) is 3.77. The van der Waals surface area contributed by atoms with E-state index in [1.54, 1.807) is 29.9 Å². The van der Waals surface area contributed by atoms with Gasteiger partial charge in [-0.3, -0.25) is 9.69 Å². The summed E-state index contributed by atoms with van der Waals surface area (Å²) < 4.78 is 34.2. The second kappa shape index (κ2) is 9.85. The van der Waals surface area contributed by atoms with Crippen molar-refractivity contribution in [2.24, 2.45) is 7.05 Å². The quantitative estimate of drug-likeness (QED) is 0.586. The van der Waals surface area contributed by atoms with Crippen molar-refractivity contribution in [2.45, 2.75) is 26.0 Å². The predicted octanol–water partition coefficient (Wildman–Crippen LogP) is 2.69. The van der Waals surface area contributed by atoms with Gasteiger partial charge in [0.05, 0.1) is 43.0 Å². The normalized spacial score (nSPS) is 16.9. The molecule has 1 N–H and O–H groups in total. The van der Waals surface area contributed by atoms with E-state index in [9.17, 15) is 13.6 Å². The fourth-order valence-electron chi connectivity index (χ4n) is 3.65. The lowest BCUT2D eigenvalue weighted by Crippen LogP contribution is -2.47. The molecule has 0 unspecified atom stereocenters. The average Bonchev–Trinajstić information content (AvgIpc) is 3.35. The number of carbonyl (C=O) groups is 1. The topological polar surface area (TPSA) is 72.3 Å². The molecule has 1 aliphatic rings. The average molecular weight is 462 g/mol. The van der Waals surface area contributed by atoms with Crippen LogP contribution in [-0.4, -0.2) is 57.7 Å². The smallest absolute Gasteiger partial charge is 0.226 e. The number of amides is 1. The highest BCUT2D eigenvalue weighted by atomic mass is 32.1. The van der Waals surface area contributed by atoms with Crippen molar-refractivity contribution >= 4 is 17.2 Å². The van der Waals surface area contributed by atoms with E-state index in [1.165, 1.54) is 6.07 Å². The lowest BCUT2D eigenvalue weighted by atomic mass is 10.1. The Morgan fingerprint density at radius 1 is 1.34 bits per heavy atom. The minimum absolute atomic E-state index is 0.115. The highest BCUT2D eigenvalue weighted by Crippen LogP contribution is 2.27. The molecule has 10 heteroatoms. The molecule has 3 heterocycles. The third-order valence-electron chi connectivity index (χ3n) is 5.40. The van der Waals surface area contributed by atoms with E-state index in [-0.39, 0.29) is 18.4 Å². The molecule has 1 aromatic carbocycles. The number of aryl methyl sites for hydroxylation is 2. The van der Waals surface area contributed by atoms with Crippen molar-refractivity contribution in [1.29, 1.82) is 0 Å². The minimum atomic E-state index is -0.848. The largest absolute Gasteiger partial charge is 0.374 e. The number of morpholine rings is 1. The van der Waals surface area contributed by atoms with Gasteiger partial charge in [-0.2, -0.15) is 0 Å². The molecule has 1 aliphatic heterocycles. The Hall–Kier alpha value is -2.69. The maximum atomic E-state index is 13.5. The van der Waals surface area contributed by atoms with Gasteiger partial charge in [0.25, 0.3) is 0 Å². The third-order valence-corrected chi connectivity index (χ3v) is 6.43. The molecule has 7 nitrogen and oxygen atoms in total. The minimum Gasteiger partial charge on any atom is -0.374 e. The van der Waals surface area contributed by atoms with Gasteiger partial charge < -0.3 is 14.6 Å². The summed E-state index contributed by atoms with van der Waals surface area (Å²) >= 11 is 1.54. The number of nitrogens with one attached hydrogen (secondary N) is 1. The molecule has 0 spiro atoms. The summed E-state index contributed by atoms with van der Waals surface area (Å²) in [5.41, 5.74) is 2.38. The molecule has 1 fully saturated rings. The molecule has 0 aliphatic carbocycles. The van der Waals surface area contributed by atoms with E-state index in [2.05, 4.69) is 20.2 Å². The van der Waals surface area contributed by atoms with Crippen LogP contribution in [0.2, 0.25) is 0 Å². The number of carbonyl (C=O) groups excluding carboxylic acids is 1. The summed E-state index contributed by atoms with van der Waals surface area (Å²) in [5.74, 6) is -1.81. The lowest BCUT2D eigenvalue weighted by Gasteiger charge is -2.33. The number of nitrogens with zero attached hydrogens (tertiary/aromatic N) is 4. The van der Waals surface area contributed by atoms with Crippen LogP contribution in [0.5, 0.6) is 0 Å². The molecule has 1 amide bonds. The van der Waals surface area contributed by atoms with Gasteiger partial charge in [0.1, 0.15) is 5.01 Å². The van der Waals surface area contributed by atoms with Gasteiger partial charge in [0.15, 0.2) is 11.6 Å². The Kier molecular flexibility index (Phi) is 6.92. The number of imidazole rings is 1. The standard InChI is InChI=1S/C22H25F2N5O2S/c1-14-19(27-22(32-14)20-10-25-13-28(20)2)8-21(30)26-9-16-12-29(5-6-31-16)11-15-3-4-17(23)18(24)7-15/h3-4,7,10,13,16H,5-6,8-9,11-12H2,1-2H3,(H,26,30)/t16-/m0/s1. The number of aromatic nitrogens is 3. The summed E-state index contributed by atoms with van der Waals surface area (Å²) in [7, 11) is 1.91. The Labute approximate surface area is 189 Å². The molecule has 2 aromatic heterocycles. The molecule has 1 saturated heterocycles. The first-order valence-corrected chi connectivity index (χ1v) is 11.2. The van der Waals surface area contributed by atoms with Gasteiger partial charge in [-0.1, -0.05) is 6.07 Å². The summed E-state index contributed by atoms with van der Waals surface area (Å²) in [4.78, 5) is 24.4. The van der Waals surface area contributed by atoms with E-state index in [1.807, 2.05) is 18.5 Å². The molecule has 0 saturated carbocycles. The Morgan fingerprint density at radius 2 is 2.19 bits per heavy atom. The molecule has 4 rings (SSSR count). The number of hydrogen-bond donors (Lipinski definition) is 1. The van der Waals surface area contributed by atoms with E-state index in [0.717, 1.165) is 27.3 Å². The highest BCUT2D eigenvalue weighted by Gasteiger charge is 2.22. The van der Waals surface area contributed by atoms with Gasteiger partial charge in [-0.15, -0.1) is 11.3 Å². The van der Waals surface area contributed by atoms with Crippen LogP contribution < -0.4 is 5.32 Å².